The fourth-order valence-electron chi connectivity index (χ4n) is 2.15. The molecule has 1 heterocycles. The topological polar surface area (TPSA) is 65.2 Å². The molecule has 0 fully saturated rings. The number of aromatic nitrogens is 2. The van der Waals surface area contributed by atoms with Gasteiger partial charge in [0.2, 0.25) is 11.7 Å². The quantitative estimate of drug-likeness (QED) is 0.558. The minimum Gasteiger partial charge on any atom is -0.461 e. The number of aryl methyl sites for hydroxylation is 1. The molecule has 5 nitrogen and oxygen atoms in total. The molecule has 0 amide bonds. The second-order valence-electron chi connectivity index (χ2n) is 5.42. The molecule has 3 aromatic rings. The van der Waals surface area contributed by atoms with Gasteiger partial charge in [0, 0.05) is 22.6 Å². The average molecular weight is 395 g/mol. The molecule has 134 valence electrons. The Labute approximate surface area is 158 Å². The second-order valence-corrected chi connectivity index (χ2v) is 6.26. The minimum atomic E-state index is -0.448. The maximum Gasteiger partial charge on any atom is 0.306 e. The van der Waals surface area contributed by atoms with Crippen LogP contribution in [0.4, 0.5) is 4.39 Å². The molecule has 0 saturated carbocycles. The molecule has 0 spiro atoms. The molecule has 0 atom stereocenters. The SMILES string of the molecule is O=C(CCc1nc(-c2ccc(Cl)cc2)no1)OCc1ccc(F)cc1Cl. The largest absolute Gasteiger partial charge is 0.461 e. The lowest BCUT2D eigenvalue weighted by molar-refractivity contribution is -0.145. The van der Waals surface area contributed by atoms with Crippen molar-refractivity contribution in [3.05, 3.63) is 69.8 Å². The van der Waals surface area contributed by atoms with Crippen molar-refractivity contribution >= 4 is 29.2 Å². The van der Waals surface area contributed by atoms with Crippen LogP contribution in [0, 0.1) is 5.82 Å². The highest BCUT2D eigenvalue weighted by atomic mass is 35.5. The number of carbonyl (C=O) groups is 1. The summed E-state index contributed by atoms with van der Waals surface area (Å²) in [6.45, 7) is -0.0300. The van der Waals surface area contributed by atoms with Crippen LogP contribution < -0.4 is 0 Å². The lowest BCUT2D eigenvalue weighted by Crippen LogP contribution is -2.06. The number of hydrogen-bond donors (Lipinski definition) is 0. The van der Waals surface area contributed by atoms with Crippen molar-refractivity contribution in [3.8, 4) is 11.4 Å². The van der Waals surface area contributed by atoms with Crippen molar-refractivity contribution in [2.45, 2.75) is 19.4 Å². The van der Waals surface area contributed by atoms with E-state index in [-0.39, 0.29) is 24.5 Å². The average Bonchev–Trinajstić information content (AvgIpc) is 3.09. The van der Waals surface area contributed by atoms with E-state index in [9.17, 15) is 9.18 Å². The Balaban J connectivity index is 1.51. The molecular weight excluding hydrogens is 382 g/mol. The molecular formula is C18H13Cl2FN2O3. The normalized spacial score (nSPS) is 10.7. The highest BCUT2D eigenvalue weighted by Gasteiger charge is 2.12. The van der Waals surface area contributed by atoms with Crippen LogP contribution in [-0.4, -0.2) is 16.1 Å². The summed E-state index contributed by atoms with van der Waals surface area (Å²) in [5.41, 5.74) is 1.29. The molecule has 2 aromatic carbocycles. The van der Waals surface area contributed by atoms with E-state index in [1.165, 1.54) is 18.2 Å². The molecule has 1 aromatic heterocycles. The predicted molar refractivity (Wildman–Crippen MR) is 94.3 cm³/mol. The standard InChI is InChI=1S/C18H13Cl2FN2O3/c19-13-4-1-11(2-5-13)18-22-16(26-23-18)7-8-17(24)25-10-12-3-6-14(21)9-15(12)20/h1-6,9H,7-8,10H2. The van der Waals surface area contributed by atoms with E-state index in [1.54, 1.807) is 24.3 Å². The van der Waals surface area contributed by atoms with Gasteiger partial charge in [-0.05, 0) is 36.4 Å². The summed E-state index contributed by atoms with van der Waals surface area (Å²) < 4.78 is 23.2. The van der Waals surface area contributed by atoms with Gasteiger partial charge in [0.1, 0.15) is 12.4 Å². The first-order chi connectivity index (χ1) is 12.5. The van der Waals surface area contributed by atoms with Crippen LogP contribution in [-0.2, 0) is 22.6 Å². The summed E-state index contributed by atoms with van der Waals surface area (Å²) in [5.74, 6) is -0.149. The maximum atomic E-state index is 13.0. The summed E-state index contributed by atoms with van der Waals surface area (Å²) in [7, 11) is 0. The predicted octanol–water partition coefficient (Wildman–Crippen LogP) is 4.86. The van der Waals surface area contributed by atoms with E-state index in [0.29, 0.717) is 22.3 Å². The Hall–Kier alpha value is -2.44. The van der Waals surface area contributed by atoms with Gasteiger partial charge in [0.05, 0.1) is 11.4 Å². The molecule has 3 rings (SSSR count). The van der Waals surface area contributed by atoms with Crippen molar-refractivity contribution in [1.29, 1.82) is 0 Å². The van der Waals surface area contributed by atoms with Crippen LogP contribution >= 0.6 is 23.2 Å². The van der Waals surface area contributed by atoms with Crippen LogP contribution in [0.15, 0.2) is 47.0 Å². The lowest BCUT2D eigenvalue weighted by atomic mass is 10.2. The monoisotopic (exact) mass is 394 g/mol. The first kappa shape index (κ1) is 18.4. The van der Waals surface area contributed by atoms with Gasteiger partial charge in [-0.2, -0.15) is 4.98 Å². The molecule has 8 heteroatoms. The van der Waals surface area contributed by atoms with Crippen molar-refractivity contribution in [3.63, 3.8) is 0 Å². The fraction of sp³-hybridized carbons (Fsp3) is 0.167. The third-order valence-corrected chi connectivity index (χ3v) is 4.12. The van der Waals surface area contributed by atoms with E-state index >= 15 is 0 Å². The van der Waals surface area contributed by atoms with E-state index in [2.05, 4.69) is 10.1 Å². The Morgan fingerprint density at radius 2 is 1.92 bits per heavy atom. The van der Waals surface area contributed by atoms with Gasteiger partial charge in [-0.25, -0.2) is 4.39 Å². The lowest BCUT2D eigenvalue weighted by Gasteiger charge is -2.06. The summed E-state index contributed by atoms with van der Waals surface area (Å²) in [6.07, 6.45) is 0.317. The molecule has 0 aliphatic carbocycles. The number of hydrogen-bond acceptors (Lipinski definition) is 5. The first-order valence-electron chi connectivity index (χ1n) is 7.69. The van der Waals surface area contributed by atoms with Gasteiger partial charge in [-0.3, -0.25) is 4.79 Å². The number of rotatable bonds is 6. The smallest absolute Gasteiger partial charge is 0.306 e. The van der Waals surface area contributed by atoms with Gasteiger partial charge in [0.15, 0.2) is 0 Å². The van der Waals surface area contributed by atoms with Gasteiger partial charge in [0.25, 0.3) is 0 Å². The zero-order valence-corrected chi connectivity index (χ0v) is 14.9. The zero-order valence-electron chi connectivity index (χ0n) is 13.4. The Morgan fingerprint density at radius 1 is 1.15 bits per heavy atom. The van der Waals surface area contributed by atoms with Gasteiger partial charge in [-0.15, -0.1) is 0 Å². The number of ether oxygens (including phenoxy) is 1. The van der Waals surface area contributed by atoms with Gasteiger partial charge in [-0.1, -0.05) is 34.4 Å². The summed E-state index contributed by atoms with van der Waals surface area (Å²) in [5, 5.41) is 4.70. The number of nitrogens with zero attached hydrogens (tertiary/aromatic N) is 2. The molecule has 0 unspecified atom stereocenters. The summed E-state index contributed by atoms with van der Waals surface area (Å²) >= 11 is 11.7. The molecule has 26 heavy (non-hydrogen) atoms. The Kier molecular flexibility index (Phi) is 5.85. The summed E-state index contributed by atoms with van der Waals surface area (Å²) in [6, 6.07) is 10.9. The number of halogens is 3. The van der Waals surface area contributed by atoms with E-state index in [0.717, 1.165) is 5.56 Å². The summed E-state index contributed by atoms with van der Waals surface area (Å²) in [4.78, 5) is 16.1. The molecule has 0 radical (unpaired) electrons. The van der Waals surface area contributed by atoms with Gasteiger partial charge >= 0.3 is 5.97 Å². The van der Waals surface area contributed by atoms with Crippen LogP contribution in [0.5, 0.6) is 0 Å². The van der Waals surface area contributed by atoms with Crippen molar-refractivity contribution in [1.82, 2.24) is 10.1 Å². The zero-order chi connectivity index (χ0) is 18.5. The fourth-order valence-corrected chi connectivity index (χ4v) is 2.50. The minimum absolute atomic E-state index is 0.0300. The molecule has 0 bridgehead atoms. The van der Waals surface area contributed by atoms with Crippen molar-refractivity contribution in [2.24, 2.45) is 0 Å². The first-order valence-corrected chi connectivity index (χ1v) is 8.45. The number of esters is 1. The second kappa shape index (κ2) is 8.29. The third kappa shape index (κ3) is 4.80. The Morgan fingerprint density at radius 3 is 2.65 bits per heavy atom. The van der Waals surface area contributed by atoms with E-state index in [1.807, 2.05) is 0 Å². The Bertz CT molecular complexity index is 913. The molecule has 0 aliphatic rings. The van der Waals surface area contributed by atoms with Crippen LogP contribution in [0.2, 0.25) is 10.0 Å². The maximum absolute atomic E-state index is 13.0. The van der Waals surface area contributed by atoms with Crippen LogP contribution in [0.3, 0.4) is 0 Å². The van der Waals surface area contributed by atoms with Crippen LogP contribution in [0.1, 0.15) is 17.9 Å². The highest BCUT2D eigenvalue weighted by molar-refractivity contribution is 6.31. The molecule has 0 saturated heterocycles. The third-order valence-electron chi connectivity index (χ3n) is 3.52. The van der Waals surface area contributed by atoms with Crippen LogP contribution in [0.25, 0.3) is 11.4 Å². The molecule has 0 aliphatic heterocycles. The highest BCUT2D eigenvalue weighted by Crippen LogP contribution is 2.20. The van der Waals surface area contributed by atoms with E-state index in [4.69, 9.17) is 32.5 Å². The van der Waals surface area contributed by atoms with Crippen molar-refractivity contribution < 1.29 is 18.4 Å². The molecule has 0 N–H and O–H groups in total. The van der Waals surface area contributed by atoms with E-state index < -0.39 is 11.8 Å². The number of carbonyl (C=O) groups excluding carboxylic acids is 1. The number of benzene rings is 2. The van der Waals surface area contributed by atoms with Crippen molar-refractivity contribution in [2.75, 3.05) is 0 Å². The van der Waals surface area contributed by atoms with Gasteiger partial charge < -0.3 is 9.26 Å².